The first-order valence-electron chi connectivity index (χ1n) is 6.96. The molecule has 0 radical (unpaired) electrons. The first-order chi connectivity index (χ1) is 10.1. The number of fused-ring (bicyclic) bond motifs is 1. The Morgan fingerprint density at radius 2 is 2.14 bits per heavy atom. The number of amides is 1. The number of nitrogens with one attached hydrogen (secondary N) is 1. The summed E-state index contributed by atoms with van der Waals surface area (Å²) in [6, 6.07) is 9.80. The molecule has 1 aliphatic rings. The van der Waals surface area contributed by atoms with Crippen LogP contribution in [0.3, 0.4) is 0 Å². The van der Waals surface area contributed by atoms with Crippen LogP contribution >= 0.6 is 27.3 Å². The maximum Gasteiger partial charge on any atom is 0.257 e. The van der Waals surface area contributed by atoms with Crippen molar-refractivity contribution in [3.8, 4) is 0 Å². The summed E-state index contributed by atoms with van der Waals surface area (Å²) in [6.07, 6.45) is -0.0916. The van der Waals surface area contributed by atoms with E-state index in [-0.39, 0.29) is 12.1 Å². The number of thiophene rings is 1. The Hall–Kier alpha value is -1.33. The number of rotatable bonds is 3. The molecule has 110 valence electrons. The molecule has 1 aromatic carbocycles. The Balaban J connectivity index is 2.02. The van der Waals surface area contributed by atoms with E-state index in [1.165, 1.54) is 0 Å². The molecule has 1 N–H and O–H groups in total. The normalized spacial score (nSPS) is 17.8. The van der Waals surface area contributed by atoms with Crippen molar-refractivity contribution in [2.45, 2.75) is 20.0 Å². The molecule has 1 aliphatic heterocycles. The second kappa shape index (κ2) is 5.81. The molecule has 0 spiro atoms. The summed E-state index contributed by atoms with van der Waals surface area (Å²) in [6.45, 7) is 5.00. The molecule has 0 bridgehead atoms. The maximum absolute atomic E-state index is 12.8. The van der Waals surface area contributed by atoms with Crippen LogP contribution in [0.25, 0.3) is 0 Å². The van der Waals surface area contributed by atoms with Gasteiger partial charge >= 0.3 is 0 Å². The summed E-state index contributed by atoms with van der Waals surface area (Å²) in [5.74, 6) is 0.527. The number of carbonyl (C=O) groups excluding carboxylic acids is 1. The van der Waals surface area contributed by atoms with Gasteiger partial charge in [-0.3, -0.25) is 4.79 Å². The predicted octanol–water partition coefficient (Wildman–Crippen LogP) is 4.73. The number of para-hydroxylation sites is 1. The van der Waals surface area contributed by atoms with E-state index < -0.39 is 0 Å². The van der Waals surface area contributed by atoms with Crippen molar-refractivity contribution in [2.24, 2.45) is 5.92 Å². The molecular weight excluding hydrogens is 348 g/mol. The number of halogens is 1. The molecular formula is C16H17BrN2OS. The van der Waals surface area contributed by atoms with Gasteiger partial charge in [-0.25, -0.2) is 0 Å². The van der Waals surface area contributed by atoms with E-state index in [2.05, 4.69) is 46.5 Å². The predicted molar refractivity (Wildman–Crippen MR) is 90.7 cm³/mol. The lowest BCUT2D eigenvalue weighted by atomic mass is 10.1. The van der Waals surface area contributed by atoms with Gasteiger partial charge in [0, 0.05) is 27.0 Å². The summed E-state index contributed by atoms with van der Waals surface area (Å²) < 4.78 is 1.06. The van der Waals surface area contributed by atoms with Crippen molar-refractivity contribution in [1.82, 2.24) is 4.90 Å². The van der Waals surface area contributed by atoms with Gasteiger partial charge in [-0.05, 0) is 40.0 Å². The van der Waals surface area contributed by atoms with Gasteiger partial charge < -0.3 is 10.2 Å². The van der Waals surface area contributed by atoms with Crippen LogP contribution in [0.15, 0.2) is 40.2 Å². The zero-order valence-electron chi connectivity index (χ0n) is 12.0. The van der Waals surface area contributed by atoms with Crippen molar-refractivity contribution >= 4 is 38.9 Å². The molecule has 3 rings (SSSR count). The Morgan fingerprint density at radius 1 is 1.38 bits per heavy atom. The SMILES string of the molecule is CC(C)CN1C(=O)c2ccccc2NC1c1cc(Br)cs1. The Labute approximate surface area is 137 Å². The lowest BCUT2D eigenvalue weighted by Crippen LogP contribution is -2.44. The van der Waals surface area contributed by atoms with Gasteiger partial charge in [-0.15, -0.1) is 11.3 Å². The van der Waals surface area contributed by atoms with Crippen LogP contribution in [0.5, 0.6) is 0 Å². The third kappa shape index (κ3) is 2.85. The Morgan fingerprint density at radius 3 is 2.81 bits per heavy atom. The fraction of sp³-hybridized carbons (Fsp3) is 0.312. The first-order valence-corrected chi connectivity index (χ1v) is 8.64. The van der Waals surface area contributed by atoms with Gasteiger partial charge in [-0.2, -0.15) is 0 Å². The van der Waals surface area contributed by atoms with E-state index in [1.807, 2.05) is 29.2 Å². The quantitative estimate of drug-likeness (QED) is 0.853. The molecule has 0 saturated heterocycles. The molecule has 1 aromatic heterocycles. The fourth-order valence-electron chi connectivity index (χ4n) is 2.57. The van der Waals surface area contributed by atoms with Crippen molar-refractivity contribution in [1.29, 1.82) is 0 Å². The van der Waals surface area contributed by atoms with E-state index in [1.54, 1.807) is 11.3 Å². The average Bonchev–Trinajstić information content (AvgIpc) is 2.88. The summed E-state index contributed by atoms with van der Waals surface area (Å²) in [5, 5.41) is 5.56. The highest BCUT2D eigenvalue weighted by Gasteiger charge is 2.33. The smallest absolute Gasteiger partial charge is 0.257 e. The molecule has 2 aromatic rings. The minimum atomic E-state index is -0.0916. The van der Waals surface area contributed by atoms with E-state index in [4.69, 9.17) is 0 Å². The molecule has 1 amide bonds. The van der Waals surface area contributed by atoms with Crippen LogP contribution in [-0.4, -0.2) is 17.4 Å². The van der Waals surface area contributed by atoms with Crippen LogP contribution in [0.2, 0.25) is 0 Å². The Kier molecular flexibility index (Phi) is 4.04. The molecule has 1 atom stereocenters. The van der Waals surface area contributed by atoms with Crippen LogP contribution < -0.4 is 5.32 Å². The standard InChI is InChI=1S/C16H17BrN2OS/c1-10(2)8-19-15(14-7-11(17)9-21-14)18-13-6-4-3-5-12(13)16(19)20/h3-7,9-10,15,18H,8H2,1-2H3. The highest BCUT2D eigenvalue weighted by Crippen LogP contribution is 2.36. The molecule has 5 heteroatoms. The largest absolute Gasteiger partial charge is 0.360 e. The second-order valence-electron chi connectivity index (χ2n) is 5.61. The average molecular weight is 365 g/mol. The van der Waals surface area contributed by atoms with Crippen molar-refractivity contribution in [3.05, 3.63) is 50.6 Å². The highest BCUT2D eigenvalue weighted by molar-refractivity contribution is 9.10. The minimum absolute atomic E-state index is 0.0916. The molecule has 1 unspecified atom stereocenters. The number of hydrogen-bond donors (Lipinski definition) is 1. The van der Waals surface area contributed by atoms with Crippen molar-refractivity contribution in [3.63, 3.8) is 0 Å². The summed E-state index contributed by atoms with van der Waals surface area (Å²) in [4.78, 5) is 15.9. The molecule has 21 heavy (non-hydrogen) atoms. The van der Waals surface area contributed by atoms with Crippen LogP contribution in [-0.2, 0) is 0 Å². The number of carbonyl (C=O) groups is 1. The maximum atomic E-state index is 12.8. The number of benzene rings is 1. The molecule has 3 nitrogen and oxygen atoms in total. The van der Waals surface area contributed by atoms with Gasteiger partial charge in [0.25, 0.3) is 5.91 Å². The fourth-order valence-corrected chi connectivity index (χ4v) is 4.08. The third-order valence-corrected chi connectivity index (χ3v) is 5.19. The lowest BCUT2D eigenvalue weighted by Gasteiger charge is -2.38. The van der Waals surface area contributed by atoms with Gasteiger partial charge in [-0.1, -0.05) is 26.0 Å². The van der Waals surface area contributed by atoms with Gasteiger partial charge in [0.1, 0.15) is 6.17 Å². The lowest BCUT2D eigenvalue weighted by molar-refractivity contribution is 0.0661. The summed E-state index contributed by atoms with van der Waals surface area (Å²) in [7, 11) is 0. The zero-order valence-corrected chi connectivity index (χ0v) is 14.4. The van der Waals surface area contributed by atoms with E-state index in [9.17, 15) is 4.79 Å². The monoisotopic (exact) mass is 364 g/mol. The molecule has 2 heterocycles. The minimum Gasteiger partial charge on any atom is -0.360 e. The van der Waals surface area contributed by atoms with Crippen LogP contribution in [0.1, 0.15) is 35.2 Å². The van der Waals surface area contributed by atoms with E-state index in [0.717, 1.165) is 27.1 Å². The van der Waals surface area contributed by atoms with E-state index >= 15 is 0 Å². The Bertz CT molecular complexity index is 668. The topological polar surface area (TPSA) is 32.3 Å². The summed E-state index contributed by atoms with van der Waals surface area (Å²) >= 11 is 5.16. The number of hydrogen-bond acceptors (Lipinski definition) is 3. The van der Waals surface area contributed by atoms with Crippen LogP contribution in [0.4, 0.5) is 5.69 Å². The molecule has 0 saturated carbocycles. The number of anilines is 1. The molecule has 0 aliphatic carbocycles. The summed E-state index contributed by atoms with van der Waals surface area (Å²) in [5.41, 5.74) is 1.67. The number of nitrogens with zero attached hydrogens (tertiary/aromatic N) is 1. The third-order valence-electron chi connectivity index (χ3n) is 3.44. The van der Waals surface area contributed by atoms with Crippen molar-refractivity contribution < 1.29 is 4.79 Å². The second-order valence-corrected chi connectivity index (χ2v) is 7.47. The van der Waals surface area contributed by atoms with E-state index in [0.29, 0.717) is 5.92 Å². The van der Waals surface area contributed by atoms with Gasteiger partial charge in [0.2, 0.25) is 0 Å². The van der Waals surface area contributed by atoms with Crippen LogP contribution in [0, 0.1) is 5.92 Å². The zero-order chi connectivity index (χ0) is 15.0. The highest BCUT2D eigenvalue weighted by atomic mass is 79.9. The van der Waals surface area contributed by atoms with Crippen molar-refractivity contribution in [2.75, 3.05) is 11.9 Å². The first kappa shape index (κ1) is 14.6. The van der Waals surface area contributed by atoms with Gasteiger partial charge in [0.15, 0.2) is 0 Å². The van der Waals surface area contributed by atoms with Gasteiger partial charge in [0.05, 0.1) is 5.56 Å². The molecule has 0 fully saturated rings.